The number of carbonyl (C=O) groups is 3. The summed E-state index contributed by atoms with van der Waals surface area (Å²) in [6.07, 6.45) is 3.95. The second kappa shape index (κ2) is 15.5. The van der Waals surface area contributed by atoms with Crippen molar-refractivity contribution >= 4 is 28.8 Å². The number of hydrogen-bond donors (Lipinski definition) is 2. The van der Waals surface area contributed by atoms with Crippen molar-refractivity contribution in [1.82, 2.24) is 14.9 Å². The summed E-state index contributed by atoms with van der Waals surface area (Å²) < 4.78 is 28.0. The van der Waals surface area contributed by atoms with Gasteiger partial charge < -0.3 is 33.8 Å². The fraction of sp³-hybridized carbons (Fsp3) is 0.436. The number of aryl methyl sites for hydroxylation is 1. The molecule has 0 radical (unpaired) electrons. The fourth-order valence-electron chi connectivity index (χ4n) is 8.22. The van der Waals surface area contributed by atoms with E-state index >= 15 is 0 Å². The van der Waals surface area contributed by atoms with E-state index < -0.39 is 24.0 Å². The number of benzene rings is 2. The lowest BCUT2D eigenvalue weighted by Crippen LogP contribution is -2.52. The molecule has 0 bridgehead atoms. The van der Waals surface area contributed by atoms with Crippen LogP contribution in [0.2, 0.25) is 0 Å². The van der Waals surface area contributed by atoms with Crippen LogP contribution >= 0.6 is 0 Å². The molecule has 51 heavy (non-hydrogen) atoms. The molecule has 270 valence electrons. The minimum Gasteiger partial charge on any atom is -0.497 e. The molecular weight excluding hydrogens is 654 g/mol. The number of hydrogen-bond acceptors (Lipinski definition) is 11. The largest absolute Gasteiger partial charge is 0.497 e. The van der Waals surface area contributed by atoms with E-state index in [-0.39, 0.29) is 47.3 Å². The number of ether oxygens (including phenoxy) is 5. The number of methoxy groups -OCH3 is 3. The molecule has 3 unspecified atom stereocenters. The third kappa shape index (κ3) is 7.29. The number of aliphatic hydroxyl groups is 1. The van der Waals surface area contributed by atoms with Crippen LogP contribution in [0.1, 0.15) is 58.2 Å². The van der Waals surface area contributed by atoms with E-state index in [0.29, 0.717) is 24.1 Å². The highest BCUT2D eigenvalue weighted by Gasteiger charge is 2.49. The predicted octanol–water partition coefficient (Wildman–Crippen LogP) is 4.99. The molecule has 12 heteroatoms. The molecule has 2 N–H and O–H groups in total. The maximum Gasteiger partial charge on any atom is 0.338 e. The highest BCUT2D eigenvalue weighted by atomic mass is 16.6. The minimum atomic E-state index is -0.523. The number of fused-ring (bicyclic) bond motifs is 6. The molecule has 0 spiro atoms. The Bertz CT molecular complexity index is 1890. The van der Waals surface area contributed by atoms with Gasteiger partial charge in [-0.1, -0.05) is 6.07 Å². The van der Waals surface area contributed by atoms with E-state index in [0.717, 1.165) is 44.3 Å². The summed E-state index contributed by atoms with van der Waals surface area (Å²) in [5, 5.41) is 8.22. The van der Waals surface area contributed by atoms with Crippen LogP contribution in [0.25, 0.3) is 10.9 Å². The van der Waals surface area contributed by atoms with Crippen LogP contribution in [0, 0.1) is 24.7 Å². The molecule has 1 aliphatic carbocycles. The SMILES string of the molecule is CO.COC(=O)C1CC(OC(=O)c2cc(C)c(OC(=O)Cc3ccccn3)c(OC)c2)C[C@@H]2CN3CCc4c([nH]c5cc(OC)ccc45)C3C[C@H]12. The second-order valence-corrected chi connectivity index (χ2v) is 13.3. The summed E-state index contributed by atoms with van der Waals surface area (Å²) in [4.78, 5) is 49.9. The monoisotopic (exact) mass is 699 g/mol. The van der Waals surface area contributed by atoms with Gasteiger partial charge >= 0.3 is 17.9 Å². The summed E-state index contributed by atoms with van der Waals surface area (Å²) in [6, 6.07) is 14.8. The number of aliphatic hydroxyl groups excluding tert-OH is 1. The Morgan fingerprint density at radius 1 is 1.00 bits per heavy atom. The van der Waals surface area contributed by atoms with Crippen molar-refractivity contribution in [3.05, 3.63) is 82.8 Å². The van der Waals surface area contributed by atoms with Crippen molar-refractivity contribution in [1.29, 1.82) is 0 Å². The van der Waals surface area contributed by atoms with Gasteiger partial charge in [-0.15, -0.1) is 0 Å². The number of piperidine rings is 1. The van der Waals surface area contributed by atoms with Crippen molar-refractivity contribution in [2.75, 3.05) is 41.5 Å². The number of aromatic amines is 1. The van der Waals surface area contributed by atoms with Gasteiger partial charge in [0.1, 0.15) is 11.9 Å². The molecule has 7 rings (SSSR count). The Labute approximate surface area is 297 Å². The first-order chi connectivity index (χ1) is 24.8. The van der Waals surface area contributed by atoms with Crippen LogP contribution in [-0.4, -0.2) is 85.5 Å². The number of rotatable bonds is 8. The summed E-state index contributed by atoms with van der Waals surface area (Å²) in [5.41, 5.74) is 5.04. The summed E-state index contributed by atoms with van der Waals surface area (Å²) in [5.74, 6) is -0.123. The molecular formula is C39H45N3O9. The van der Waals surface area contributed by atoms with Crippen molar-refractivity contribution in [2.24, 2.45) is 17.8 Å². The minimum absolute atomic E-state index is 0.00520. The number of H-pyrrole nitrogens is 1. The quantitative estimate of drug-likeness (QED) is 0.189. The first-order valence-electron chi connectivity index (χ1n) is 17.2. The number of nitrogens with one attached hydrogen (secondary N) is 1. The molecule has 3 aliphatic rings. The second-order valence-electron chi connectivity index (χ2n) is 13.3. The Morgan fingerprint density at radius 3 is 2.55 bits per heavy atom. The predicted molar refractivity (Wildman–Crippen MR) is 188 cm³/mol. The number of nitrogens with zero attached hydrogens (tertiary/aromatic N) is 2. The first-order valence-corrected chi connectivity index (χ1v) is 17.2. The standard InChI is InChI=1S/C38H41N3O8.CH4O/c1-21-13-22(15-33(46-3)36(21)49-34(42)16-24-7-5-6-11-39-24)37(43)48-26-14-23-20-41-12-10-28-27-9-8-25(45-2)18-31(27)40-35(28)32(41)19-29(23)30(17-26)38(44)47-4;1-2/h5-9,11,13,15,18,23,26,29-30,32,40H,10,12,14,16-17,19-20H2,1-4H3;2H,1H3/t23-,26?,29+,30?,32?;/m1./s1. The van der Waals surface area contributed by atoms with Gasteiger partial charge in [0.05, 0.1) is 51.0 Å². The average molecular weight is 700 g/mol. The molecule has 4 aromatic rings. The molecule has 5 atom stereocenters. The first kappa shape index (κ1) is 35.9. The highest BCUT2D eigenvalue weighted by molar-refractivity contribution is 5.91. The molecule has 1 saturated heterocycles. The smallest absolute Gasteiger partial charge is 0.338 e. The fourth-order valence-corrected chi connectivity index (χ4v) is 8.22. The molecule has 12 nitrogen and oxygen atoms in total. The topological polar surface area (TPSA) is 150 Å². The zero-order valence-electron chi connectivity index (χ0n) is 29.6. The van der Waals surface area contributed by atoms with E-state index in [1.165, 1.54) is 36.9 Å². The molecule has 2 aromatic heterocycles. The molecule has 2 aliphatic heterocycles. The van der Waals surface area contributed by atoms with Crippen molar-refractivity contribution in [3.63, 3.8) is 0 Å². The zero-order chi connectivity index (χ0) is 36.2. The lowest BCUT2D eigenvalue weighted by atomic mass is 9.65. The van der Waals surface area contributed by atoms with E-state index in [1.807, 2.05) is 12.1 Å². The highest BCUT2D eigenvalue weighted by Crippen LogP contribution is 2.50. The maximum atomic E-state index is 13.6. The van der Waals surface area contributed by atoms with Crippen LogP contribution in [-0.2, 0) is 31.9 Å². The number of esters is 3. The summed E-state index contributed by atoms with van der Waals surface area (Å²) in [7, 11) is 5.55. The molecule has 0 amide bonds. The lowest BCUT2D eigenvalue weighted by molar-refractivity contribution is -0.155. The van der Waals surface area contributed by atoms with E-state index in [2.05, 4.69) is 20.9 Å². The van der Waals surface area contributed by atoms with Gasteiger partial charge in [0, 0.05) is 49.1 Å². The number of pyridine rings is 1. The van der Waals surface area contributed by atoms with Gasteiger partial charge in [-0.3, -0.25) is 19.5 Å². The third-order valence-electron chi connectivity index (χ3n) is 10.5. The Hall–Kier alpha value is -4.94. The normalized spacial score (nSPS) is 22.3. The molecule has 1 saturated carbocycles. The lowest BCUT2D eigenvalue weighted by Gasteiger charge is -2.51. The maximum absolute atomic E-state index is 13.6. The van der Waals surface area contributed by atoms with Crippen molar-refractivity contribution in [3.8, 4) is 17.2 Å². The Kier molecular flexibility index (Phi) is 10.9. The zero-order valence-corrected chi connectivity index (χ0v) is 29.6. The van der Waals surface area contributed by atoms with Gasteiger partial charge in [0.2, 0.25) is 0 Å². The Balaban J connectivity index is 0.00000220. The number of carbonyl (C=O) groups excluding carboxylic acids is 3. The van der Waals surface area contributed by atoms with Crippen LogP contribution in [0.5, 0.6) is 17.2 Å². The van der Waals surface area contributed by atoms with Gasteiger partial charge in [0.25, 0.3) is 0 Å². The van der Waals surface area contributed by atoms with E-state index in [1.54, 1.807) is 44.5 Å². The van der Waals surface area contributed by atoms with Crippen LogP contribution in [0.15, 0.2) is 54.7 Å². The van der Waals surface area contributed by atoms with Crippen LogP contribution in [0.4, 0.5) is 0 Å². The van der Waals surface area contributed by atoms with Gasteiger partial charge in [-0.2, -0.15) is 0 Å². The third-order valence-corrected chi connectivity index (χ3v) is 10.5. The summed E-state index contributed by atoms with van der Waals surface area (Å²) >= 11 is 0. The van der Waals surface area contributed by atoms with Crippen molar-refractivity contribution in [2.45, 2.75) is 51.2 Å². The van der Waals surface area contributed by atoms with Crippen LogP contribution < -0.4 is 14.2 Å². The van der Waals surface area contributed by atoms with Crippen LogP contribution in [0.3, 0.4) is 0 Å². The molecule has 2 aromatic carbocycles. The van der Waals surface area contributed by atoms with Gasteiger partial charge in [-0.25, -0.2) is 4.79 Å². The van der Waals surface area contributed by atoms with Gasteiger partial charge in [-0.05, 0) is 92.0 Å². The molecule has 4 heterocycles. The van der Waals surface area contributed by atoms with E-state index in [4.69, 9.17) is 28.8 Å². The summed E-state index contributed by atoms with van der Waals surface area (Å²) in [6.45, 7) is 3.47. The van der Waals surface area contributed by atoms with E-state index in [9.17, 15) is 14.4 Å². The number of aromatic nitrogens is 2. The van der Waals surface area contributed by atoms with Gasteiger partial charge in [0.15, 0.2) is 11.5 Å². The average Bonchev–Trinajstić information content (AvgIpc) is 3.53. The molecule has 2 fully saturated rings. The Morgan fingerprint density at radius 2 is 1.82 bits per heavy atom. The van der Waals surface area contributed by atoms with Crippen molar-refractivity contribution < 1.29 is 43.2 Å².